The Bertz CT molecular complexity index is 775. The van der Waals surface area contributed by atoms with Gasteiger partial charge in [-0.05, 0) is 62.2 Å². The minimum absolute atomic E-state index is 0.137. The van der Waals surface area contributed by atoms with Crippen molar-refractivity contribution in [1.82, 2.24) is 4.90 Å². The Balaban J connectivity index is 1.63. The molecule has 2 aromatic carbocycles. The van der Waals surface area contributed by atoms with Crippen molar-refractivity contribution in [1.29, 1.82) is 0 Å². The highest BCUT2D eigenvalue weighted by atomic mass is 79.9. The van der Waals surface area contributed by atoms with Crippen LogP contribution < -0.4 is 4.74 Å². The zero-order valence-corrected chi connectivity index (χ0v) is 16.9. The molecule has 0 aromatic heterocycles. The first-order chi connectivity index (χ1) is 13.1. The summed E-state index contributed by atoms with van der Waals surface area (Å²) in [7, 11) is 0. The van der Waals surface area contributed by atoms with Gasteiger partial charge in [-0.3, -0.25) is 4.79 Å². The topological polar surface area (TPSA) is 38.8 Å². The number of halogens is 2. The Labute approximate surface area is 167 Å². The van der Waals surface area contributed by atoms with E-state index in [0.29, 0.717) is 30.0 Å². The van der Waals surface area contributed by atoms with Crippen LogP contribution in [0.25, 0.3) is 0 Å². The van der Waals surface area contributed by atoms with Crippen LogP contribution in [0, 0.1) is 5.82 Å². The fourth-order valence-corrected chi connectivity index (χ4v) is 3.45. The lowest BCUT2D eigenvalue weighted by Gasteiger charge is -2.21. The van der Waals surface area contributed by atoms with Crippen LogP contribution in [0.4, 0.5) is 4.39 Å². The molecule has 0 spiro atoms. The zero-order valence-electron chi connectivity index (χ0n) is 15.3. The van der Waals surface area contributed by atoms with Gasteiger partial charge in [0.25, 0.3) is 5.91 Å². The summed E-state index contributed by atoms with van der Waals surface area (Å²) in [4.78, 5) is 14.4. The standard InChI is InChI=1S/C21H23BrFNO3/c1-2-24(13-16-12-17(22)7-10-20(16)23)21(25)15-5-8-18(9-6-15)27-14-19-4-3-11-26-19/h5-10,12,19H,2-4,11,13-14H2,1H3. The van der Waals surface area contributed by atoms with Crippen LogP contribution in [0.3, 0.4) is 0 Å². The predicted octanol–water partition coefficient (Wildman–Crippen LogP) is 4.81. The molecule has 144 valence electrons. The molecule has 3 rings (SSSR count). The molecule has 2 aromatic rings. The highest BCUT2D eigenvalue weighted by Crippen LogP contribution is 2.20. The second-order valence-corrected chi connectivity index (χ2v) is 7.44. The average molecular weight is 436 g/mol. The molecule has 1 aliphatic rings. The molecule has 0 saturated carbocycles. The molecular weight excluding hydrogens is 413 g/mol. The Morgan fingerprint density at radius 3 is 2.74 bits per heavy atom. The Hall–Kier alpha value is -1.92. The Morgan fingerprint density at radius 2 is 2.07 bits per heavy atom. The zero-order chi connectivity index (χ0) is 19.2. The minimum Gasteiger partial charge on any atom is -0.491 e. The van der Waals surface area contributed by atoms with Crippen LogP contribution in [0.1, 0.15) is 35.7 Å². The number of hydrogen-bond acceptors (Lipinski definition) is 3. The molecule has 0 radical (unpaired) electrons. The molecule has 27 heavy (non-hydrogen) atoms. The highest BCUT2D eigenvalue weighted by molar-refractivity contribution is 9.10. The molecule has 1 heterocycles. The molecule has 1 unspecified atom stereocenters. The first-order valence-corrected chi connectivity index (χ1v) is 9.93. The van der Waals surface area contributed by atoms with E-state index >= 15 is 0 Å². The van der Waals surface area contributed by atoms with E-state index < -0.39 is 0 Å². The molecule has 1 aliphatic heterocycles. The number of ether oxygens (including phenoxy) is 2. The van der Waals surface area contributed by atoms with Gasteiger partial charge in [0.15, 0.2) is 0 Å². The van der Waals surface area contributed by atoms with Crippen LogP contribution in [0.5, 0.6) is 5.75 Å². The fourth-order valence-electron chi connectivity index (χ4n) is 3.04. The van der Waals surface area contributed by atoms with Gasteiger partial charge in [-0.25, -0.2) is 4.39 Å². The molecule has 1 amide bonds. The molecular formula is C21H23BrFNO3. The van der Waals surface area contributed by atoms with Gasteiger partial charge >= 0.3 is 0 Å². The van der Waals surface area contributed by atoms with Crippen molar-refractivity contribution in [3.05, 3.63) is 63.9 Å². The number of hydrogen-bond donors (Lipinski definition) is 0. The molecule has 4 nitrogen and oxygen atoms in total. The van der Waals surface area contributed by atoms with Crippen LogP contribution in [-0.2, 0) is 11.3 Å². The van der Waals surface area contributed by atoms with Gasteiger partial charge < -0.3 is 14.4 Å². The number of carbonyl (C=O) groups excluding carboxylic acids is 1. The van der Waals surface area contributed by atoms with Crippen molar-refractivity contribution in [2.45, 2.75) is 32.4 Å². The van der Waals surface area contributed by atoms with Gasteiger partial charge in [0.1, 0.15) is 18.2 Å². The van der Waals surface area contributed by atoms with E-state index in [2.05, 4.69) is 15.9 Å². The molecule has 6 heteroatoms. The minimum atomic E-state index is -0.317. The predicted molar refractivity (Wildman–Crippen MR) is 105 cm³/mol. The summed E-state index contributed by atoms with van der Waals surface area (Å²) in [6.07, 6.45) is 2.25. The lowest BCUT2D eigenvalue weighted by Crippen LogP contribution is -2.30. The second-order valence-electron chi connectivity index (χ2n) is 6.53. The quantitative estimate of drug-likeness (QED) is 0.626. The first-order valence-electron chi connectivity index (χ1n) is 9.14. The number of benzene rings is 2. The molecule has 1 saturated heterocycles. The number of nitrogens with zero attached hydrogens (tertiary/aromatic N) is 1. The van der Waals surface area contributed by atoms with Crippen LogP contribution in [0.15, 0.2) is 46.9 Å². The van der Waals surface area contributed by atoms with Crippen molar-refractivity contribution in [2.24, 2.45) is 0 Å². The fraction of sp³-hybridized carbons (Fsp3) is 0.381. The molecule has 0 N–H and O–H groups in total. The van der Waals surface area contributed by atoms with Crippen LogP contribution in [-0.4, -0.2) is 36.7 Å². The lowest BCUT2D eigenvalue weighted by atomic mass is 10.1. The van der Waals surface area contributed by atoms with Crippen molar-refractivity contribution in [3.8, 4) is 5.75 Å². The molecule has 0 bridgehead atoms. The third-order valence-corrected chi connectivity index (χ3v) is 5.09. The van der Waals surface area contributed by atoms with E-state index in [-0.39, 0.29) is 24.4 Å². The van der Waals surface area contributed by atoms with Gasteiger partial charge in [-0.2, -0.15) is 0 Å². The van der Waals surface area contributed by atoms with E-state index in [4.69, 9.17) is 9.47 Å². The third kappa shape index (κ3) is 5.30. The van der Waals surface area contributed by atoms with E-state index in [0.717, 1.165) is 23.9 Å². The second kappa shape index (κ2) is 9.33. The van der Waals surface area contributed by atoms with Crippen LogP contribution in [0.2, 0.25) is 0 Å². The van der Waals surface area contributed by atoms with Crippen molar-refractivity contribution in [3.63, 3.8) is 0 Å². The number of amides is 1. The van der Waals surface area contributed by atoms with Crippen LogP contribution >= 0.6 is 15.9 Å². The van der Waals surface area contributed by atoms with Gasteiger partial charge in [0, 0.05) is 35.3 Å². The van der Waals surface area contributed by atoms with Crippen molar-refractivity contribution < 1.29 is 18.7 Å². The normalized spacial score (nSPS) is 16.3. The maximum absolute atomic E-state index is 14.0. The van der Waals surface area contributed by atoms with E-state index in [9.17, 15) is 9.18 Å². The Morgan fingerprint density at radius 1 is 1.30 bits per heavy atom. The van der Waals surface area contributed by atoms with E-state index in [1.807, 2.05) is 6.92 Å². The smallest absolute Gasteiger partial charge is 0.254 e. The summed E-state index contributed by atoms with van der Waals surface area (Å²) >= 11 is 3.34. The first kappa shape index (κ1) is 19.8. The SMILES string of the molecule is CCN(Cc1cc(Br)ccc1F)C(=O)c1ccc(OCC2CCCO2)cc1. The van der Waals surface area contributed by atoms with Gasteiger partial charge in [0.05, 0.1) is 6.10 Å². The maximum Gasteiger partial charge on any atom is 0.254 e. The largest absolute Gasteiger partial charge is 0.491 e. The lowest BCUT2D eigenvalue weighted by molar-refractivity contribution is 0.0678. The maximum atomic E-state index is 14.0. The van der Waals surface area contributed by atoms with Gasteiger partial charge in [-0.15, -0.1) is 0 Å². The number of rotatable bonds is 7. The molecule has 1 atom stereocenters. The molecule has 0 aliphatic carbocycles. The van der Waals surface area contributed by atoms with Crippen molar-refractivity contribution in [2.75, 3.05) is 19.8 Å². The summed E-state index contributed by atoms with van der Waals surface area (Å²) in [6, 6.07) is 11.8. The summed E-state index contributed by atoms with van der Waals surface area (Å²) in [6.45, 7) is 3.91. The Kier molecular flexibility index (Phi) is 6.85. The van der Waals surface area contributed by atoms with Crippen molar-refractivity contribution >= 4 is 21.8 Å². The van der Waals surface area contributed by atoms with Gasteiger partial charge in [-0.1, -0.05) is 15.9 Å². The van der Waals surface area contributed by atoms with E-state index in [1.54, 1.807) is 41.3 Å². The highest BCUT2D eigenvalue weighted by Gasteiger charge is 2.18. The average Bonchev–Trinajstić information content (AvgIpc) is 3.20. The summed E-state index contributed by atoms with van der Waals surface area (Å²) in [5, 5.41) is 0. The number of carbonyl (C=O) groups is 1. The van der Waals surface area contributed by atoms with E-state index in [1.165, 1.54) is 6.07 Å². The summed E-state index contributed by atoms with van der Waals surface area (Å²) in [5.74, 6) is 0.257. The monoisotopic (exact) mass is 435 g/mol. The third-order valence-electron chi connectivity index (χ3n) is 4.60. The van der Waals surface area contributed by atoms with Gasteiger partial charge in [0.2, 0.25) is 0 Å². The summed E-state index contributed by atoms with van der Waals surface area (Å²) in [5.41, 5.74) is 1.04. The molecule has 1 fully saturated rings. The summed E-state index contributed by atoms with van der Waals surface area (Å²) < 4.78 is 26.1.